The summed E-state index contributed by atoms with van der Waals surface area (Å²) in [5.41, 5.74) is 1.87. The van der Waals surface area contributed by atoms with E-state index in [1.807, 2.05) is 31.2 Å². The molecule has 122 valence electrons. The second-order valence-electron chi connectivity index (χ2n) is 5.35. The molecule has 2 amide bonds. The van der Waals surface area contributed by atoms with Crippen molar-refractivity contribution in [2.24, 2.45) is 0 Å². The average Bonchev–Trinajstić information content (AvgIpc) is 2.59. The van der Waals surface area contributed by atoms with E-state index in [-0.39, 0.29) is 17.9 Å². The lowest BCUT2D eigenvalue weighted by Crippen LogP contribution is -2.38. The number of nitrogens with one attached hydrogen (secondary N) is 1. The van der Waals surface area contributed by atoms with Gasteiger partial charge < -0.3 is 15.0 Å². The number of hydrogen-bond acceptors (Lipinski definition) is 2. The number of carbonyl (C=O) groups excluding carboxylic acids is 1. The number of urea groups is 1. The molecule has 0 bridgehead atoms. The molecule has 0 saturated heterocycles. The SMILES string of the molecule is COc1ccc(CNC(=O)N(C)[C@H](C)c2ccc(F)cc2)cc1. The molecule has 0 saturated carbocycles. The minimum Gasteiger partial charge on any atom is -0.497 e. The summed E-state index contributed by atoms with van der Waals surface area (Å²) in [5.74, 6) is 0.495. The third-order valence-corrected chi connectivity index (χ3v) is 3.86. The lowest BCUT2D eigenvalue weighted by Gasteiger charge is -2.25. The number of halogens is 1. The highest BCUT2D eigenvalue weighted by Crippen LogP contribution is 2.19. The van der Waals surface area contributed by atoms with E-state index in [4.69, 9.17) is 4.74 Å². The van der Waals surface area contributed by atoms with Crippen molar-refractivity contribution in [3.8, 4) is 5.75 Å². The van der Waals surface area contributed by atoms with Crippen LogP contribution in [0.4, 0.5) is 9.18 Å². The number of benzene rings is 2. The Balaban J connectivity index is 1.92. The summed E-state index contributed by atoms with van der Waals surface area (Å²) >= 11 is 0. The van der Waals surface area contributed by atoms with Gasteiger partial charge in [0.15, 0.2) is 0 Å². The number of hydrogen-bond donors (Lipinski definition) is 1. The summed E-state index contributed by atoms with van der Waals surface area (Å²) in [6, 6.07) is 13.4. The third kappa shape index (κ3) is 4.45. The molecule has 1 atom stereocenters. The smallest absolute Gasteiger partial charge is 0.317 e. The first-order valence-corrected chi connectivity index (χ1v) is 7.40. The molecule has 1 N–H and O–H groups in total. The summed E-state index contributed by atoms with van der Waals surface area (Å²) in [4.78, 5) is 13.8. The predicted molar refractivity (Wildman–Crippen MR) is 87.8 cm³/mol. The van der Waals surface area contributed by atoms with Gasteiger partial charge in [-0.3, -0.25) is 0 Å². The van der Waals surface area contributed by atoms with E-state index in [0.717, 1.165) is 16.9 Å². The summed E-state index contributed by atoms with van der Waals surface area (Å²) in [5, 5.41) is 2.87. The normalized spacial score (nSPS) is 11.7. The summed E-state index contributed by atoms with van der Waals surface area (Å²) < 4.78 is 18.1. The first-order chi connectivity index (χ1) is 11.0. The Morgan fingerprint density at radius 3 is 2.35 bits per heavy atom. The predicted octanol–water partition coefficient (Wildman–Crippen LogP) is 3.74. The van der Waals surface area contributed by atoms with Gasteiger partial charge in [-0.25, -0.2) is 9.18 Å². The van der Waals surface area contributed by atoms with E-state index in [2.05, 4.69) is 5.32 Å². The molecule has 0 heterocycles. The number of methoxy groups -OCH3 is 1. The molecule has 2 rings (SSSR count). The van der Waals surface area contributed by atoms with Gasteiger partial charge in [-0.2, -0.15) is 0 Å². The van der Waals surface area contributed by atoms with Crippen LogP contribution in [0.1, 0.15) is 24.1 Å². The van der Waals surface area contributed by atoms with Crippen molar-refractivity contribution >= 4 is 6.03 Å². The maximum Gasteiger partial charge on any atom is 0.317 e. The van der Waals surface area contributed by atoms with Crippen molar-refractivity contribution in [1.82, 2.24) is 10.2 Å². The van der Waals surface area contributed by atoms with E-state index >= 15 is 0 Å². The molecule has 0 aliphatic heterocycles. The van der Waals surface area contributed by atoms with Crippen LogP contribution < -0.4 is 10.1 Å². The molecule has 0 spiro atoms. The number of nitrogens with zero attached hydrogens (tertiary/aromatic N) is 1. The Morgan fingerprint density at radius 2 is 1.78 bits per heavy atom. The van der Waals surface area contributed by atoms with Crippen LogP contribution in [0.25, 0.3) is 0 Å². The molecule has 23 heavy (non-hydrogen) atoms. The molecule has 0 aromatic heterocycles. The Morgan fingerprint density at radius 1 is 1.17 bits per heavy atom. The highest BCUT2D eigenvalue weighted by molar-refractivity contribution is 5.74. The van der Waals surface area contributed by atoms with Crippen LogP contribution in [0.2, 0.25) is 0 Å². The number of amides is 2. The molecule has 5 heteroatoms. The zero-order valence-corrected chi connectivity index (χ0v) is 13.5. The largest absolute Gasteiger partial charge is 0.497 e. The molecule has 4 nitrogen and oxygen atoms in total. The van der Waals surface area contributed by atoms with Crippen molar-refractivity contribution in [2.45, 2.75) is 19.5 Å². The van der Waals surface area contributed by atoms with Gasteiger partial charge in [0.25, 0.3) is 0 Å². The highest BCUT2D eigenvalue weighted by Gasteiger charge is 2.17. The molecular formula is C18H21FN2O2. The van der Waals surface area contributed by atoms with Gasteiger partial charge in [0.05, 0.1) is 13.2 Å². The molecular weight excluding hydrogens is 295 g/mol. The second-order valence-corrected chi connectivity index (χ2v) is 5.35. The highest BCUT2D eigenvalue weighted by atomic mass is 19.1. The van der Waals surface area contributed by atoms with Gasteiger partial charge in [-0.1, -0.05) is 24.3 Å². The molecule has 0 fully saturated rings. The monoisotopic (exact) mass is 316 g/mol. The van der Waals surface area contributed by atoms with Gasteiger partial charge in [0.2, 0.25) is 0 Å². The van der Waals surface area contributed by atoms with Crippen LogP contribution in [0.5, 0.6) is 5.75 Å². The summed E-state index contributed by atoms with van der Waals surface area (Å²) in [6.07, 6.45) is 0. The van der Waals surface area contributed by atoms with Crippen LogP contribution >= 0.6 is 0 Å². The van der Waals surface area contributed by atoms with Crippen LogP contribution in [0, 0.1) is 5.82 Å². The Bertz CT molecular complexity index is 641. The Labute approximate surface area is 135 Å². The lowest BCUT2D eigenvalue weighted by molar-refractivity contribution is 0.194. The number of carbonyl (C=O) groups is 1. The van der Waals surface area contributed by atoms with Crippen LogP contribution in [0.3, 0.4) is 0 Å². The maximum atomic E-state index is 13.0. The minimum absolute atomic E-state index is 0.147. The van der Waals surface area contributed by atoms with E-state index in [1.54, 1.807) is 31.2 Å². The second kappa shape index (κ2) is 7.63. The van der Waals surface area contributed by atoms with Gasteiger partial charge in [0.1, 0.15) is 11.6 Å². The minimum atomic E-state index is -0.285. The van der Waals surface area contributed by atoms with Crippen LogP contribution in [-0.2, 0) is 6.54 Å². The fourth-order valence-electron chi connectivity index (χ4n) is 2.19. The molecule has 0 radical (unpaired) electrons. The van der Waals surface area contributed by atoms with Gasteiger partial charge >= 0.3 is 6.03 Å². The Hall–Kier alpha value is -2.56. The van der Waals surface area contributed by atoms with E-state index in [9.17, 15) is 9.18 Å². The third-order valence-electron chi connectivity index (χ3n) is 3.86. The summed E-state index contributed by atoms with van der Waals surface area (Å²) in [6.45, 7) is 2.34. The molecule has 0 unspecified atom stereocenters. The molecule has 0 aliphatic rings. The molecule has 0 aliphatic carbocycles. The van der Waals surface area contributed by atoms with Crippen molar-refractivity contribution in [3.05, 3.63) is 65.5 Å². The topological polar surface area (TPSA) is 41.6 Å². The fourth-order valence-corrected chi connectivity index (χ4v) is 2.19. The lowest BCUT2D eigenvalue weighted by atomic mass is 10.1. The van der Waals surface area contributed by atoms with Crippen molar-refractivity contribution in [3.63, 3.8) is 0 Å². The first kappa shape index (κ1) is 16.8. The fraction of sp³-hybridized carbons (Fsp3) is 0.278. The van der Waals surface area contributed by atoms with Crippen LogP contribution in [-0.4, -0.2) is 25.1 Å². The summed E-state index contributed by atoms with van der Waals surface area (Å²) in [7, 11) is 3.33. The molecule has 2 aromatic rings. The van der Waals surface area contributed by atoms with Crippen molar-refractivity contribution in [1.29, 1.82) is 0 Å². The van der Waals surface area contributed by atoms with E-state index in [1.165, 1.54) is 12.1 Å². The van der Waals surface area contributed by atoms with E-state index < -0.39 is 0 Å². The number of rotatable bonds is 5. The van der Waals surface area contributed by atoms with Crippen molar-refractivity contribution in [2.75, 3.05) is 14.2 Å². The van der Waals surface area contributed by atoms with Gasteiger partial charge in [-0.15, -0.1) is 0 Å². The zero-order chi connectivity index (χ0) is 16.8. The average molecular weight is 316 g/mol. The standard InChI is InChI=1S/C18H21FN2O2/c1-13(15-6-8-16(19)9-7-15)21(2)18(22)20-12-14-4-10-17(23-3)11-5-14/h4-11,13H,12H2,1-3H3,(H,20,22)/t13-/m1/s1. The maximum absolute atomic E-state index is 13.0. The number of ether oxygens (including phenoxy) is 1. The quantitative estimate of drug-likeness (QED) is 0.913. The van der Waals surface area contributed by atoms with Crippen LogP contribution in [0.15, 0.2) is 48.5 Å². The first-order valence-electron chi connectivity index (χ1n) is 7.40. The molecule has 2 aromatic carbocycles. The van der Waals surface area contributed by atoms with Gasteiger partial charge in [0, 0.05) is 13.6 Å². The van der Waals surface area contributed by atoms with Crippen molar-refractivity contribution < 1.29 is 13.9 Å². The zero-order valence-electron chi connectivity index (χ0n) is 13.5. The van der Waals surface area contributed by atoms with E-state index in [0.29, 0.717) is 6.54 Å². The Kier molecular flexibility index (Phi) is 5.57. The van der Waals surface area contributed by atoms with Gasteiger partial charge in [-0.05, 0) is 42.3 Å².